The molecule has 2 unspecified atom stereocenters. The van der Waals surface area contributed by atoms with Gasteiger partial charge in [0.25, 0.3) is 0 Å². The first-order valence-corrected chi connectivity index (χ1v) is 21.4. The maximum atomic E-state index is 2.74. The van der Waals surface area contributed by atoms with Gasteiger partial charge in [0, 0.05) is 0 Å². The molecule has 2 atom stereocenters. The maximum absolute atomic E-state index is 3.10. The van der Waals surface area contributed by atoms with Crippen molar-refractivity contribution in [2.75, 3.05) is 0 Å². The molecule has 1 aliphatic rings. The van der Waals surface area contributed by atoms with Gasteiger partial charge in [-0.15, -0.1) is 0 Å². The average Bonchev–Trinajstić information content (AvgIpc) is 2.80. The summed E-state index contributed by atoms with van der Waals surface area (Å²) in [6, 6.07) is 14.6. The second-order valence-electron chi connectivity index (χ2n) is 11.5. The summed E-state index contributed by atoms with van der Waals surface area (Å²) in [4.78, 5) is 0. The van der Waals surface area contributed by atoms with E-state index in [9.17, 15) is 0 Å². The fourth-order valence-electron chi connectivity index (χ4n) is 6.52. The van der Waals surface area contributed by atoms with Crippen molar-refractivity contribution >= 4 is 17.0 Å². The van der Waals surface area contributed by atoms with Crippen molar-refractivity contribution in [3.63, 3.8) is 0 Å². The number of benzene rings is 2. The van der Waals surface area contributed by atoms with Crippen LogP contribution in [0.5, 0.6) is 0 Å². The number of aryl methyl sites for hydroxylation is 4. The summed E-state index contributed by atoms with van der Waals surface area (Å²) >= 11 is -3.10. The van der Waals surface area contributed by atoms with Crippen molar-refractivity contribution in [2.24, 2.45) is 5.92 Å². The SMILES string of the molecule is CC1=C(C)C(C)[C]([Ti]([CH3])([CH3])([CH3])[SiH](c2cc(C)cc(C)c2)c2cc(C)ccc2C)=C1C. The van der Waals surface area contributed by atoms with Gasteiger partial charge in [0.15, 0.2) is 0 Å². The van der Waals surface area contributed by atoms with Gasteiger partial charge in [-0.3, -0.25) is 0 Å². The van der Waals surface area contributed by atoms with E-state index >= 15 is 0 Å². The van der Waals surface area contributed by atoms with Gasteiger partial charge in [-0.05, 0) is 0 Å². The Morgan fingerprint density at radius 1 is 0.700 bits per heavy atom. The molecule has 30 heavy (non-hydrogen) atoms. The molecular formula is C28H41SiTi. The third-order valence-electron chi connectivity index (χ3n) is 7.94. The van der Waals surface area contributed by atoms with E-state index in [0.29, 0.717) is 5.92 Å². The summed E-state index contributed by atoms with van der Waals surface area (Å²) in [6.45, 7) is 17.3. The summed E-state index contributed by atoms with van der Waals surface area (Å²) in [5.74, 6) is 0.591. The summed E-state index contributed by atoms with van der Waals surface area (Å²) in [5.41, 5.74) is 10.5. The zero-order chi connectivity index (χ0) is 22.6. The van der Waals surface area contributed by atoms with E-state index in [0.717, 1.165) is 0 Å². The molecule has 0 N–H and O–H groups in total. The molecule has 0 saturated carbocycles. The van der Waals surface area contributed by atoms with E-state index in [1.54, 1.807) is 27.1 Å². The van der Waals surface area contributed by atoms with Crippen LogP contribution in [0.4, 0.5) is 0 Å². The molecular weight excluding hydrogens is 412 g/mol. The standard InChI is InChI=1S/C16H19Si.C9H13.3CH3.Ti/c1-11-5-6-14(4)16(10-11)17-15-8-12(2)7-13(3)9-15;1-6-5-7(2)9(4)8(6)3;;;;/h5-10,17H,1-4H3;6H,1-4H3;3*1H3;. The predicted molar refractivity (Wildman–Crippen MR) is 136 cm³/mol. The van der Waals surface area contributed by atoms with Gasteiger partial charge in [-0.2, -0.15) is 0 Å². The second kappa shape index (κ2) is 7.77. The van der Waals surface area contributed by atoms with Crippen molar-refractivity contribution in [3.8, 4) is 0 Å². The van der Waals surface area contributed by atoms with Crippen LogP contribution in [0.1, 0.15) is 49.9 Å². The van der Waals surface area contributed by atoms with Crippen LogP contribution in [0.25, 0.3) is 0 Å². The topological polar surface area (TPSA) is 0 Å². The van der Waals surface area contributed by atoms with E-state index < -0.39 is 21.2 Å². The van der Waals surface area contributed by atoms with Crippen LogP contribution in [0.2, 0.25) is 15.7 Å². The molecule has 0 nitrogen and oxygen atoms in total. The molecule has 0 saturated heterocycles. The number of hydrogen-bond donors (Lipinski definition) is 0. The average molecular weight is 454 g/mol. The monoisotopic (exact) mass is 453 g/mol. The number of rotatable bonds is 4. The van der Waals surface area contributed by atoms with Crippen molar-refractivity contribution in [1.82, 2.24) is 0 Å². The molecule has 2 aromatic carbocycles. The Hall–Kier alpha value is -1.15. The number of allylic oxidation sites excluding steroid dienone is 4. The van der Waals surface area contributed by atoms with Crippen LogP contribution >= 0.6 is 0 Å². The van der Waals surface area contributed by atoms with Crippen LogP contribution < -0.4 is 10.4 Å². The normalized spacial score (nSPS) is 19.8. The summed E-state index contributed by atoms with van der Waals surface area (Å²) in [7, 11) is 0. The first kappa shape index (κ1) is 23.5. The Morgan fingerprint density at radius 2 is 1.27 bits per heavy atom. The summed E-state index contributed by atoms with van der Waals surface area (Å²) in [5, 5.41) is 11.6. The molecule has 0 fully saturated rings. The third-order valence-corrected chi connectivity index (χ3v) is 30.2. The molecule has 0 bridgehead atoms. The molecule has 0 heterocycles. The van der Waals surface area contributed by atoms with Gasteiger partial charge in [-0.1, -0.05) is 0 Å². The van der Waals surface area contributed by atoms with Gasteiger partial charge < -0.3 is 0 Å². The van der Waals surface area contributed by atoms with Crippen LogP contribution in [0, 0.1) is 33.6 Å². The van der Waals surface area contributed by atoms with Crippen molar-refractivity contribution in [1.29, 1.82) is 0 Å². The fraction of sp³-hybridized carbons (Fsp3) is 0.429. The first-order chi connectivity index (χ1) is 13.7. The van der Waals surface area contributed by atoms with Gasteiger partial charge in [0.1, 0.15) is 0 Å². The zero-order valence-corrected chi connectivity index (χ0v) is 23.8. The first-order valence-electron chi connectivity index (χ1n) is 11.5. The Labute approximate surface area is 187 Å². The Bertz CT molecular complexity index is 1060. The van der Waals surface area contributed by atoms with E-state index in [4.69, 9.17) is 0 Å². The van der Waals surface area contributed by atoms with Crippen LogP contribution in [0.3, 0.4) is 0 Å². The predicted octanol–water partition coefficient (Wildman–Crippen LogP) is 6.85. The third kappa shape index (κ3) is 3.90. The van der Waals surface area contributed by atoms with Gasteiger partial charge >= 0.3 is 188 Å². The van der Waals surface area contributed by atoms with Gasteiger partial charge in [-0.25, -0.2) is 0 Å². The minimum atomic E-state index is -3.10. The number of hydrogen-bond acceptors (Lipinski definition) is 0. The molecule has 0 aromatic heterocycles. The molecule has 0 amide bonds. The molecule has 0 radical (unpaired) electrons. The van der Waals surface area contributed by atoms with E-state index in [2.05, 4.69) is 107 Å². The molecule has 1 aliphatic carbocycles. The quantitative estimate of drug-likeness (QED) is 0.444. The van der Waals surface area contributed by atoms with Crippen LogP contribution in [-0.2, 0) is 14.6 Å². The molecule has 2 aromatic rings. The van der Waals surface area contributed by atoms with E-state index in [1.807, 2.05) is 3.88 Å². The Balaban J connectivity index is 2.39. The molecule has 2 heteroatoms. The van der Waals surface area contributed by atoms with Crippen molar-refractivity contribution in [3.05, 3.63) is 79.2 Å². The van der Waals surface area contributed by atoms with Crippen molar-refractivity contribution in [2.45, 2.75) is 71.1 Å². The summed E-state index contributed by atoms with van der Waals surface area (Å²) in [6.07, 6.45) is 0. The molecule has 3 rings (SSSR count). The Kier molecular flexibility index (Phi) is 6.09. The minimum absolute atomic E-state index is 0.591. The van der Waals surface area contributed by atoms with Crippen LogP contribution in [-0.4, -0.2) is 6.66 Å². The van der Waals surface area contributed by atoms with E-state index in [1.165, 1.54) is 22.3 Å². The molecule has 0 aliphatic heterocycles. The zero-order valence-electron chi connectivity index (χ0n) is 21.1. The Morgan fingerprint density at radius 3 is 1.77 bits per heavy atom. The molecule has 161 valence electrons. The fourth-order valence-corrected chi connectivity index (χ4v) is 32.6. The van der Waals surface area contributed by atoms with Gasteiger partial charge in [0.2, 0.25) is 0 Å². The second-order valence-corrected chi connectivity index (χ2v) is 35.8. The van der Waals surface area contributed by atoms with Crippen LogP contribution in [0.15, 0.2) is 57.0 Å². The van der Waals surface area contributed by atoms with Gasteiger partial charge in [0.05, 0.1) is 0 Å². The van der Waals surface area contributed by atoms with E-state index in [-0.39, 0.29) is 0 Å². The summed E-state index contributed by atoms with van der Waals surface area (Å²) < 4.78 is 1.85. The van der Waals surface area contributed by atoms with Crippen molar-refractivity contribution < 1.29 is 14.6 Å². The molecule has 0 spiro atoms.